The van der Waals surface area contributed by atoms with Gasteiger partial charge in [-0.05, 0) is 65.9 Å². The van der Waals surface area contributed by atoms with E-state index < -0.39 is 5.97 Å². The maximum absolute atomic E-state index is 13.7. The Morgan fingerprint density at radius 1 is 1.00 bits per heavy atom. The van der Waals surface area contributed by atoms with Crippen molar-refractivity contribution in [1.29, 1.82) is 0 Å². The first-order chi connectivity index (χ1) is 19.4. The van der Waals surface area contributed by atoms with Crippen LogP contribution in [0.2, 0.25) is 0 Å². The molecule has 1 fully saturated rings. The van der Waals surface area contributed by atoms with Gasteiger partial charge in [0.05, 0.1) is 36.9 Å². The second-order valence-corrected chi connectivity index (χ2v) is 9.91. The number of rotatable bonds is 8. The van der Waals surface area contributed by atoms with E-state index in [9.17, 15) is 19.5 Å². The largest absolute Gasteiger partial charge is 0.497 e. The molecule has 3 aromatic carbocycles. The number of esters is 1. The van der Waals surface area contributed by atoms with Crippen LogP contribution in [0.25, 0.3) is 17.0 Å². The van der Waals surface area contributed by atoms with Crippen molar-refractivity contribution < 1.29 is 29.0 Å². The van der Waals surface area contributed by atoms with Crippen LogP contribution in [0.1, 0.15) is 21.5 Å². The molecule has 1 amide bonds. The van der Waals surface area contributed by atoms with Crippen molar-refractivity contribution in [3.05, 3.63) is 101 Å². The standard InChI is InChI=1S/C30H25N3O6S/c1-38-23-13-11-22(12-14-23)31-30-33(16-19-7-9-20(10-8-19)29(36)37)28(35)26(40-30)15-21-17-32(18-27(34)39-2)25-6-4-3-5-24(21)25/h3-15,17H,16,18H2,1-2H3,(H,36,37)/b26-15-,31-30?. The third-order valence-electron chi connectivity index (χ3n) is 6.36. The molecule has 1 aliphatic heterocycles. The maximum Gasteiger partial charge on any atom is 0.335 e. The van der Waals surface area contributed by atoms with Gasteiger partial charge in [-0.15, -0.1) is 0 Å². The van der Waals surface area contributed by atoms with Crippen LogP contribution in [0.3, 0.4) is 0 Å². The van der Waals surface area contributed by atoms with Crippen molar-refractivity contribution in [3.63, 3.8) is 0 Å². The number of para-hydroxylation sites is 1. The number of hydrogen-bond donors (Lipinski definition) is 1. The Balaban J connectivity index is 1.53. The Kier molecular flexibility index (Phi) is 7.70. The van der Waals surface area contributed by atoms with E-state index in [2.05, 4.69) is 0 Å². The Morgan fingerprint density at radius 2 is 1.73 bits per heavy atom. The number of carbonyl (C=O) groups excluding carboxylic acids is 2. The topological polar surface area (TPSA) is 110 Å². The van der Waals surface area contributed by atoms with E-state index in [4.69, 9.17) is 14.5 Å². The van der Waals surface area contributed by atoms with Crippen LogP contribution in [-0.2, 0) is 27.4 Å². The van der Waals surface area contributed by atoms with E-state index in [0.717, 1.165) is 22.0 Å². The van der Waals surface area contributed by atoms with Crippen molar-refractivity contribution in [2.24, 2.45) is 4.99 Å². The highest BCUT2D eigenvalue weighted by atomic mass is 32.2. The SMILES string of the molecule is COC(=O)Cn1cc(/C=C2\SC(=Nc3ccc(OC)cc3)N(Cc3ccc(C(=O)O)cc3)C2=O)c2ccccc21. The third kappa shape index (κ3) is 5.62. The fraction of sp³-hybridized carbons (Fsp3) is 0.133. The van der Waals surface area contributed by atoms with Gasteiger partial charge >= 0.3 is 11.9 Å². The molecule has 202 valence electrons. The molecule has 1 N–H and O–H groups in total. The van der Waals surface area contributed by atoms with Crippen molar-refractivity contribution in [3.8, 4) is 5.75 Å². The van der Waals surface area contributed by atoms with Gasteiger partial charge in [-0.1, -0.05) is 30.3 Å². The van der Waals surface area contributed by atoms with Crippen LogP contribution in [0.15, 0.2) is 88.9 Å². The molecule has 1 aliphatic rings. The van der Waals surface area contributed by atoms with Gasteiger partial charge in [-0.3, -0.25) is 14.5 Å². The first-order valence-corrected chi connectivity index (χ1v) is 13.1. The Labute approximate surface area is 234 Å². The minimum Gasteiger partial charge on any atom is -0.497 e. The second-order valence-electron chi connectivity index (χ2n) is 8.90. The highest BCUT2D eigenvalue weighted by molar-refractivity contribution is 8.18. The van der Waals surface area contributed by atoms with E-state index in [-0.39, 0.29) is 30.5 Å². The van der Waals surface area contributed by atoms with Gasteiger partial charge in [0.15, 0.2) is 5.17 Å². The number of amidine groups is 1. The molecule has 0 bridgehead atoms. The zero-order valence-electron chi connectivity index (χ0n) is 21.7. The zero-order valence-corrected chi connectivity index (χ0v) is 22.6. The van der Waals surface area contributed by atoms with Crippen LogP contribution in [0, 0.1) is 0 Å². The molecule has 0 saturated carbocycles. The molecule has 2 heterocycles. The second kappa shape index (κ2) is 11.5. The van der Waals surface area contributed by atoms with Crippen molar-refractivity contribution in [1.82, 2.24) is 9.47 Å². The average Bonchev–Trinajstić information content (AvgIpc) is 3.45. The summed E-state index contributed by atoms with van der Waals surface area (Å²) in [6.07, 6.45) is 3.64. The lowest BCUT2D eigenvalue weighted by Crippen LogP contribution is -2.28. The summed E-state index contributed by atoms with van der Waals surface area (Å²) in [4.78, 5) is 43.8. The van der Waals surface area contributed by atoms with Crippen LogP contribution in [0.4, 0.5) is 5.69 Å². The van der Waals surface area contributed by atoms with Crippen LogP contribution < -0.4 is 4.74 Å². The first kappa shape index (κ1) is 26.8. The highest BCUT2D eigenvalue weighted by Gasteiger charge is 2.34. The van der Waals surface area contributed by atoms with Crippen molar-refractivity contribution >= 4 is 57.4 Å². The van der Waals surface area contributed by atoms with E-state index in [1.54, 1.807) is 59.1 Å². The quantitative estimate of drug-likeness (QED) is 0.231. The number of carboxylic acid groups (broad SMARTS) is 1. The summed E-state index contributed by atoms with van der Waals surface area (Å²) in [7, 11) is 2.93. The molecule has 40 heavy (non-hydrogen) atoms. The highest BCUT2D eigenvalue weighted by Crippen LogP contribution is 2.37. The lowest BCUT2D eigenvalue weighted by molar-refractivity contribution is -0.141. The van der Waals surface area contributed by atoms with E-state index in [0.29, 0.717) is 21.5 Å². The summed E-state index contributed by atoms with van der Waals surface area (Å²) in [5, 5.41) is 10.6. The Bertz CT molecular complexity index is 1660. The number of carboxylic acids is 1. The van der Waals surface area contributed by atoms with Gasteiger partial charge < -0.3 is 19.1 Å². The summed E-state index contributed by atoms with van der Waals surface area (Å²) >= 11 is 1.25. The number of aromatic nitrogens is 1. The summed E-state index contributed by atoms with van der Waals surface area (Å²) in [5.41, 5.74) is 3.21. The number of aromatic carboxylic acids is 1. The minimum atomic E-state index is -1.02. The summed E-state index contributed by atoms with van der Waals surface area (Å²) < 4.78 is 11.9. The number of aliphatic imine (C=N–C) groups is 1. The van der Waals surface area contributed by atoms with Crippen LogP contribution in [0.5, 0.6) is 5.75 Å². The van der Waals surface area contributed by atoms with E-state index >= 15 is 0 Å². The van der Waals surface area contributed by atoms with Gasteiger partial charge in [-0.2, -0.15) is 0 Å². The van der Waals surface area contributed by atoms with Crippen LogP contribution >= 0.6 is 11.8 Å². The fourth-order valence-electron chi connectivity index (χ4n) is 4.30. The van der Waals surface area contributed by atoms with Crippen molar-refractivity contribution in [2.45, 2.75) is 13.1 Å². The first-order valence-electron chi connectivity index (χ1n) is 12.3. The van der Waals surface area contributed by atoms with Gasteiger partial charge in [-0.25, -0.2) is 9.79 Å². The number of thioether (sulfide) groups is 1. The lowest BCUT2D eigenvalue weighted by Gasteiger charge is -2.16. The number of ether oxygens (including phenoxy) is 2. The summed E-state index contributed by atoms with van der Waals surface area (Å²) in [6, 6.07) is 21.2. The zero-order chi connectivity index (χ0) is 28.2. The molecular weight excluding hydrogens is 530 g/mol. The molecule has 1 aromatic heterocycles. The van der Waals surface area contributed by atoms with E-state index in [1.807, 2.05) is 30.5 Å². The number of fused-ring (bicyclic) bond motifs is 1. The molecule has 9 nitrogen and oxygen atoms in total. The summed E-state index contributed by atoms with van der Waals surface area (Å²) in [6.45, 7) is 0.256. The van der Waals surface area contributed by atoms with Gasteiger partial charge in [0, 0.05) is 22.7 Å². The Hall–Kier alpha value is -4.83. The number of benzene rings is 3. The van der Waals surface area contributed by atoms with E-state index in [1.165, 1.54) is 31.0 Å². The summed E-state index contributed by atoms with van der Waals surface area (Å²) in [5.74, 6) is -0.930. The molecule has 1 saturated heterocycles. The molecule has 0 aliphatic carbocycles. The van der Waals surface area contributed by atoms with Gasteiger partial charge in [0.2, 0.25) is 0 Å². The Morgan fingerprint density at radius 3 is 2.40 bits per heavy atom. The molecule has 4 aromatic rings. The molecule has 0 atom stereocenters. The number of methoxy groups -OCH3 is 2. The third-order valence-corrected chi connectivity index (χ3v) is 7.37. The fourth-order valence-corrected chi connectivity index (χ4v) is 5.29. The van der Waals surface area contributed by atoms with Gasteiger partial charge in [0.1, 0.15) is 12.3 Å². The number of amides is 1. The average molecular weight is 556 g/mol. The predicted octanol–water partition coefficient (Wildman–Crippen LogP) is 5.33. The van der Waals surface area contributed by atoms with Crippen molar-refractivity contribution in [2.75, 3.05) is 14.2 Å². The van der Waals surface area contributed by atoms with Crippen LogP contribution in [-0.4, -0.2) is 51.8 Å². The lowest BCUT2D eigenvalue weighted by atomic mass is 10.1. The predicted molar refractivity (Wildman–Crippen MR) is 154 cm³/mol. The molecular formula is C30H25N3O6S. The minimum absolute atomic E-state index is 0.0456. The normalized spacial score (nSPS) is 15.2. The van der Waals surface area contributed by atoms with Gasteiger partial charge in [0.25, 0.3) is 5.91 Å². The molecule has 0 spiro atoms. The molecule has 0 unspecified atom stereocenters. The maximum atomic E-state index is 13.7. The number of hydrogen-bond acceptors (Lipinski definition) is 7. The molecule has 5 rings (SSSR count). The monoisotopic (exact) mass is 555 g/mol. The molecule has 0 radical (unpaired) electrons. The number of carbonyl (C=O) groups is 3. The smallest absolute Gasteiger partial charge is 0.335 e. The molecule has 10 heteroatoms. The number of nitrogens with zero attached hydrogens (tertiary/aromatic N) is 3.